The van der Waals surface area contributed by atoms with Gasteiger partial charge in [0.2, 0.25) is 5.91 Å². The third-order valence-corrected chi connectivity index (χ3v) is 3.72. The summed E-state index contributed by atoms with van der Waals surface area (Å²) in [6.45, 7) is 0. The highest BCUT2D eigenvalue weighted by Gasteiger charge is 2.08. The average molecular weight is 368 g/mol. The van der Waals surface area contributed by atoms with Crippen LogP contribution in [0, 0.1) is 5.82 Å². The first-order valence-electron chi connectivity index (χ1n) is 7.96. The minimum Gasteiger partial charge on any atom is -0.493 e. The molecule has 1 amide bonds. The molecular formula is C19H17FN4O3. The van der Waals surface area contributed by atoms with E-state index in [1.807, 2.05) is 0 Å². The zero-order valence-electron chi connectivity index (χ0n) is 14.7. The van der Waals surface area contributed by atoms with Crippen LogP contribution in [0.2, 0.25) is 0 Å². The SMILES string of the molecule is COc1ccc(/C=C/C(=O)Nc2ccc(-n3cncn3)c(F)c2)cc1OC. The minimum atomic E-state index is -0.526. The average Bonchev–Trinajstić information content (AvgIpc) is 3.20. The van der Waals surface area contributed by atoms with Gasteiger partial charge in [0.15, 0.2) is 17.3 Å². The summed E-state index contributed by atoms with van der Waals surface area (Å²) in [7, 11) is 3.09. The van der Waals surface area contributed by atoms with Gasteiger partial charge in [0.25, 0.3) is 0 Å². The van der Waals surface area contributed by atoms with Gasteiger partial charge in [-0.2, -0.15) is 5.10 Å². The Kier molecular flexibility index (Phi) is 5.46. The summed E-state index contributed by atoms with van der Waals surface area (Å²) in [4.78, 5) is 15.9. The van der Waals surface area contributed by atoms with Gasteiger partial charge in [0.05, 0.1) is 14.2 Å². The quantitative estimate of drug-likeness (QED) is 0.677. The third kappa shape index (κ3) is 4.30. The number of carbonyl (C=O) groups is 1. The van der Waals surface area contributed by atoms with Crippen molar-refractivity contribution in [3.05, 3.63) is 66.5 Å². The van der Waals surface area contributed by atoms with Gasteiger partial charge in [-0.25, -0.2) is 14.1 Å². The Labute approximate surface area is 155 Å². The highest BCUT2D eigenvalue weighted by atomic mass is 19.1. The van der Waals surface area contributed by atoms with Gasteiger partial charge in [-0.15, -0.1) is 0 Å². The van der Waals surface area contributed by atoms with Crippen LogP contribution < -0.4 is 14.8 Å². The summed E-state index contributed by atoms with van der Waals surface area (Å²) in [6, 6.07) is 9.60. The number of anilines is 1. The number of ether oxygens (including phenoxy) is 2. The summed E-state index contributed by atoms with van der Waals surface area (Å²) in [5.74, 6) is 0.243. The van der Waals surface area contributed by atoms with E-state index in [-0.39, 0.29) is 5.69 Å². The molecule has 138 valence electrons. The minimum absolute atomic E-state index is 0.242. The predicted molar refractivity (Wildman–Crippen MR) is 98.5 cm³/mol. The number of rotatable bonds is 6. The molecule has 0 bridgehead atoms. The Morgan fingerprint density at radius 1 is 1.15 bits per heavy atom. The van der Waals surface area contributed by atoms with Crippen LogP contribution in [-0.2, 0) is 4.79 Å². The topological polar surface area (TPSA) is 78.3 Å². The largest absolute Gasteiger partial charge is 0.493 e. The highest BCUT2D eigenvalue weighted by molar-refractivity contribution is 6.02. The predicted octanol–water partition coefficient (Wildman–Crippen LogP) is 3.08. The molecule has 0 aliphatic rings. The lowest BCUT2D eigenvalue weighted by Crippen LogP contribution is -2.08. The Morgan fingerprint density at radius 3 is 2.63 bits per heavy atom. The van der Waals surface area contributed by atoms with Gasteiger partial charge in [-0.3, -0.25) is 4.79 Å². The fourth-order valence-electron chi connectivity index (χ4n) is 2.42. The lowest BCUT2D eigenvalue weighted by Gasteiger charge is -2.08. The van der Waals surface area contributed by atoms with E-state index in [2.05, 4.69) is 15.4 Å². The van der Waals surface area contributed by atoms with E-state index >= 15 is 0 Å². The Hall–Kier alpha value is -3.68. The first-order valence-corrected chi connectivity index (χ1v) is 7.96. The van der Waals surface area contributed by atoms with Gasteiger partial charge in [0, 0.05) is 11.8 Å². The number of hydrogen-bond acceptors (Lipinski definition) is 5. The van der Waals surface area contributed by atoms with Gasteiger partial charge < -0.3 is 14.8 Å². The molecule has 0 aliphatic heterocycles. The summed E-state index contributed by atoms with van der Waals surface area (Å²) in [5, 5.41) is 6.48. The maximum Gasteiger partial charge on any atom is 0.248 e. The molecule has 1 N–H and O–H groups in total. The lowest BCUT2D eigenvalue weighted by atomic mass is 10.2. The van der Waals surface area contributed by atoms with Gasteiger partial charge in [0.1, 0.15) is 18.3 Å². The van der Waals surface area contributed by atoms with Crippen LogP contribution in [0.15, 0.2) is 55.1 Å². The number of carbonyl (C=O) groups excluding carboxylic acids is 1. The van der Waals surface area contributed by atoms with Crippen molar-refractivity contribution in [1.29, 1.82) is 0 Å². The number of nitrogens with zero attached hydrogens (tertiary/aromatic N) is 3. The molecule has 27 heavy (non-hydrogen) atoms. The van der Waals surface area contributed by atoms with Gasteiger partial charge in [-0.1, -0.05) is 6.07 Å². The van der Waals surface area contributed by atoms with E-state index in [1.54, 1.807) is 37.5 Å². The summed E-state index contributed by atoms with van der Waals surface area (Å²) in [5.41, 5.74) is 1.33. The molecule has 8 heteroatoms. The molecule has 0 unspecified atom stereocenters. The fraction of sp³-hybridized carbons (Fsp3) is 0.105. The smallest absolute Gasteiger partial charge is 0.248 e. The zero-order valence-corrected chi connectivity index (χ0v) is 14.7. The van der Waals surface area contributed by atoms with Crippen LogP contribution in [0.1, 0.15) is 5.56 Å². The molecule has 7 nitrogen and oxygen atoms in total. The fourth-order valence-corrected chi connectivity index (χ4v) is 2.42. The molecule has 3 aromatic rings. The number of methoxy groups -OCH3 is 2. The van der Waals surface area contributed by atoms with Gasteiger partial charge in [-0.05, 0) is 42.0 Å². The van der Waals surface area contributed by atoms with Crippen molar-refractivity contribution >= 4 is 17.7 Å². The summed E-state index contributed by atoms with van der Waals surface area (Å²) in [6.07, 6.45) is 5.68. The Balaban J connectivity index is 1.69. The van der Waals surface area contributed by atoms with Crippen LogP contribution in [0.25, 0.3) is 11.8 Å². The standard InChI is InChI=1S/C19H17FN4O3/c1-26-17-7-3-13(9-18(17)27-2)4-8-19(25)23-14-5-6-16(15(20)10-14)24-12-21-11-22-24/h3-12H,1-2H3,(H,23,25)/b8-4+. The highest BCUT2D eigenvalue weighted by Crippen LogP contribution is 2.28. The first kappa shape index (κ1) is 18.1. The number of amides is 1. The molecule has 1 heterocycles. The van der Waals surface area contributed by atoms with Crippen LogP contribution >= 0.6 is 0 Å². The molecule has 3 rings (SSSR count). The number of halogens is 1. The molecule has 2 aromatic carbocycles. The van der Waals surface area contributed by atoms with Crippen molar-refractivity contribution in [3.8, 4) is 17.2 Å². The molecule has 0 spiro atoms. The van der Waals surface area contributed by atoms with E-state index in [1.165, 1.54) is 42.7 Å². The molecule has 0 atom stereocenters. The van der Waals surface area contributed by atoms with E-state index < -0.39 is 11.7 Å². The third-order valence-electron chi connectivity index (χ3n) is 3.72. The van der Waals surface area contributed by atoms with Crippen molar-refractivity contribution in [2.45, 2.75) is 0 Å². The van der Waals surface area contributed by atoms with E-state index in [9.17, 15) is 9.18 Å². The van der Waals surface area contributed by atoms with Crippen LogP contribution in [0.4, 0.5) is 10.1 Å². The number of nitrogens with one attached hydrogen (secondary N) is 1. The summed E-state index contributed by atoms with van der Waals surface area (Å²) >= 11 is 0. The van der Waals surface area contributed by atoms with Crippen molar-refractivity contribution in [3.63, 3.8) is 0 Å². The second kappa shape index (κ2) is 8.13. The van der Waals surface area contributed by atoms with E-state index in [4.69, 9.17) is 9.47 Å². The van der Waals surface area contributed by atoms with Crippen molar-refractivity contribution in [2.24, 2.45) is 0 Å². The van der Waals surface area contributed by atoms with E-state index in [0.717, 1.165) is 5.56 Å². The summed E-state index contributed by atoms with van der Waals surface area (Å²) < 4.78 is 25.9. The van der Waals surface area contributed by atoms with Crippen LogP contribution in [0.5, 0.6) is 11.5 Å². The second-order valence-electron chi connectivity index (χ2n) is 5.44. The maximum absolute atomic E-state index is 14.2. The molecular weight excluding hydrogens is 351 g/mol. The second-order valence-corrected chi connectivity index (χ2v) is 5.44. The number of hydrogen-bond donors (Lipinski definition) is 1. The Morgan fingerprint density at radius 2 is 1.96 bits per heavy atom. The molecule has 0 aliphatic carbocycles. The molecule has 0 saturated carbocycles. The molecule has 1 aromatic heterocycles. The first-order chi connectivity index (χ1) is 13.1. The lowest BCUT2D eigenvalue weighted by molar-refractivity contribution is -0.111. The van der Waals surface area contributed by atoms with Crippen LogP contribution in [-0.4, -0.2) is 34.9 Å². The Bertz CT molecular complexity index is 971. The molecule has 0 fully saturated rings. The number of benzene rings is 2. The maximum atomic E-state index is 14.2. The van der Waals surface area contributed by atoms with E-state index in [0.29, 0.717) is 17.2 Å². The van der Waals surface area contributed by atoms with Crippen molar-refractivity contribution < 1.29 is 18.7 Å². The molecule has 0 saturated heterocycles. The molecule has 0 radical (unpaired) electrons. The zero-order chi connectivity index (χ0) is 19.2. The normalized spacial score (nSPS) is 10.8. The van der Waals surface area contributed by atoms with Crippen LogP contribution in [0.3, 0.4) is 0 Å². The monoisotopic (exact) mass is 368 g/mol. The van der Waals surface area contributed by atoms with Crippen molar-refractivity contribution in [1.82, 2.24) is 14.8 Å². The van der Waals surface area contributed by atoms with Crippen molar-refractivity contribution in [2.75, 3.05) is 19.5 Å². The number of aromatic nitrogens is 3. The van der Waals surface area contributed by atoms with Gasteiger partial charge >= 0.3 is 0 Å².